The molecule has 1 saturated heterocycles. The SMILES string of the molecule is CNC1CCOCC1c1nc(-c2ccc(F)cn2)no1. The number of ether oxygens (including phenoxy) is 1. The number of aromatic nitrogens is 3. The molecule has 2 atom stereocenters. The molecule has 0 radical (unpaired) electrons. The summed E-state index contributed by atoms with van der Waals surface area (Å²) in [5.41, 5.74) is 0.485. The fourth-order valence-electron chi connectivity index (χ4n) is 2.32. The van der Waals surface area contributed by atoms with E-state index in [-0.39, 0.29) is 12.0 Å². The van der Waals surface area contributed by atoms with Crippen LogP contribution < -0.4 is 5.32 Å². The Morgan fingerprint density at radius 2 is 2.30 bits per heavy atom. The lowest BCUT2D eigenvalue weighted by Crippen LogP contribution is -2.39. The molecule has 0 aliphatic carbocycles. The van der Waals surface area contributed by atoms with Gasteiger partial charge in [-0.05, 0) is 25.6 Å². The van der Waals surface area contributed by atoms with Gasteiger partial charge in [0.1, 0.15) is 11.5 Å². The molecule has 1 aliphatic rings. The molecule has 0 saturated carbocycles. The van der Waals surface area contributed by atoms with Crippen LogP contribution in [0.15, 0.2) is 22.9 Å². The number of hydrogen-bond donors (Lipinski definition) is 1. The van der Waals surface area contributed by atoms with Gasteiger partial charge in [-0.1, -0.05) is 5.16 Å². The van der Waals surface area contributed by atoms with E-state index in [0.29, 0.717) is 24.0 Å². The van der Waals surface area contributed by atoms with Crippen molar-refractivity contribution < 1.29 is 13.7 Å². The quantitative estimate of drug-likeness (QED) is 0.914. The van der Waals surface area contributed by atoms with E-state index in [1.165, 1.54) is 12.1 Å². The Morgan fingerprint density at radius 1 is 1.40 bits per heavy atom. The summed E-state index contributed by atoms with van der Waals surface area (Å²) in [6.45, 7) is 1.27. The van der Waals surface area contributed by atoms with E-state index in [1.54, 1.807) is 0 Å². The van der Waals surface area contributed by atoms with Crippen molar-refractivity contribution in [2.45, 2.75) is 18.4 Å². The highest BCUT2D eigenvalue weighted by Gasteiger charge is 2.30. The summed E-state index contributed by atoms with van der Waals surface area (Å²) in [6, 6.07) is 3.09. The van der Waals surface area contributed by atoms with Crippen LogP contribution in [0.3, 0.4) is 0 Å². The third-order valence-electron chi connectivity index (χ3n) is 3.44. The summed E-state index contributed by atoms with van der Waals surface area (Å²) in [6.07, 6.45) is 2.03. The van der Waals surface area contributed by atoms with Crippen LogP contribution in [-0.4, -0.2) is 41.4 Å². The fourth-order valence-corrected chi connectivity index (χ4v) is 2.32. The molecule has 1 fully saturated rings. The topological polar surface area (TPSA) is 73.1 Å². The molecule has 20 heavy (non-hydrogen) atoms. The minimum atomic E-state index is -0.395. The van der Waals surface area contributed by atoms with Gasteiger partial charge in [0.25, 0.3) is 0 Å². The van der Waals surface area contributed by atoms with Crippen molar-refractivity contribution in [3.8, 4) is 11.5 Å². The number of likely N-dealkylation sites (N-methyl/N-ethyl adjacent to an activating group) is 1. The standard InChI is InChI=1S/C13H15FN4O2/c1-15-10-4-5-19-7-9(10)13-17-12(18-20-13)11-3-2-8(14)6-16-11/h2-3,6,9-10,15H,4-5,7H2,1H3. The first-order valence-electron chi connectivity index (χ1n) is 6.48. The van der Waals surface area contributed by atoms with Crippen LogP contribution in [0.25, 0.3) is 11.5 Å². The van der Waals surface area contributed by atoms with Gasteiger partial charge in [-0.15, -0.1) is 0 Å². The molecule has 3 heterocycles. The average molecular weight is 278 g/mol. The molecule has 2 aromatic rings. The van der Waals surface area contributed by atoms with E-state index >= 15 is 0 Å². The van der Waals surface area contributed by atoms with Gasteiger partial charge < -0.3 is 14.6 Å². The van der Waals surface area contributed by atoms with Crippen molar-refractivity contribution in [2.24, 2.45) is 0 Å². The maximum atomic E-state index is 12.8. The van der Waals surface area contributed by atoms with Crippen LogP contribution in [0.5, 0.6) is 0 Å². The zero-order chi connectivity index (χ0) is 13.9. The third-order valence-corrected chi connectivity index (χ3v) is 3.44. The normalized spacial score (nSPS) is 22.9. The summed E-state index contributed by atoms with van der Waals surface area (Å²) >= 11 is 0. The summed E-state index contributed by atoms with van der Waals surface area (Å²) in [5, 5.41) is 7.14. The molecule has 1 aliphatic heterocycles. The van der Waals surface area contributed by atoms with Gasteiger partial charge in [-0.2, -0.15) is 4.98 Å². The predicted molar refractivity (Wildman–Crippen MR) is 68.5 cm³/mol. The molecule has 0 spiro atoms. The van der Waals surface area contributed by atoms with E-state index < -0.39 is 5.82 Å². The lowest BCUT2D eigenvalue weighted by atomic mass is 9.96. The van der Waals surface area contributed by atoms with Gasteiger partial charge in [0.15, 0.2) is 0 Å². The van der Waals surface area contributed by atoms with E-state index in [2.05, 4.69) is 20.4 Å². The Morgan fingerprint density at radius 3 is 3.05 bits per heavy atom. The Kier molecular flexibility index (Phi) is 3.70. The van der Waals surface area contributed by atoms with Gasteiger partial charge >= 0.3 is 0 Å². The first kappa shape index (κ1) is 13.1. The molecule has 3 rings (SSSR count). The van der Waals surface area contributed by atoms with Gasteiger partial charge in [0.2, 0.25) is 11.7 Å². The molecule has 0 aromatic carbocycles. The third kappa shape index (κ3) is 2.54. The lowest BCUT2D eigenvalue weighted by molar-refractivity contribution is 0.0516. The van der Waals surface area contributed by atoms with Crippen molar-refractivity contribution in [1.82, 2.24) is 20.4 Å². The van der Waals surface area contributed by atoms with Crippen molar-refractivity contribution in [1.29, 1.82) is 0 Å². The monoisotopic (exact) mass is 278 g/mol. The summed E-state index contributed by atoms with van der Waals surface area (Å²) in [7, 11) is 1.90. The second-order valence-corrected chi connectivity index (χ2v) is 4.68. The van der Waals surface area contributed by atoms with Crippen LogP contribution >= 0.6 is 0 Å². The van der Waals surface area contributed by atoms with E-state index in [9.17, 15) is 4.39 Å². The van der Waals surface area contributed by atoms with Gasteiger partial charge in [0.05, 0.1) is 18.7 Å². The van der Waals surface area contributed by atoms with Crippen molar-refractivity contribution in [3.05, 3.63) is 30.0 Å². The van der Waals surface area contributed by atoms with E-state index in [0.717, 1.165) is 19.2 Å². The molecule has 2 aromatic heterocycles. The van der Waals surface area contributed by atoms with Crippen LogP contribution in [0.1, 0.15) is 18.2 Å². The lowest BCUT2D eigenvalue weighted by Gasteiger charge is -2.28. The first-order valence-corrected chi connectivity index (χ1v) is 6.48. The van der Waals surface area contributed by atoms with E-state index in [4.69, 9.17) is 9.26 Å². The number of nitrogens with one attached hydrogen (secondary N) is 1. The number of nitrogens with zero attached hydrogens (tertiary/aromatic N) is 3. The molecule has 1 N–H and O–H groups in total. The highest BCUT2D eigenvalue weighted by Crippen LogP contribution is 2.26. The van der Waals surface area contributed by atoms with Crippen LogP contribution in [0.4, 0.5) is 4.39 Å². The first-order chi connectivity index (χ1) is 9.78. The van der Waals surface area contributed by atoms with Crippen molar-refractivity contribution in [3.63, 3.8) is 0 Å². The molecule has 0 amide bonds. The highest BCUT2D eigenvalue weighted by atomic mass is 19.1. The zero-order valence-corrected chi connectivity index (χ0v) is 11.0. The van der Waals surface area contributed by atoms with Crippen molar-refractivity contribution in [2.75, 3.05) is 20.3 Å². The number of pyridine rings is 1. The van der Waals surface area contributed by atoms with Crippen molar-refractivity contribution >= 4 is 0 Å². The number of rotatable bonds is 3. The molecule has 0 bridgehead atoms. The maximum absolute atomic E-state index is 12.8. The zero-order valence-electron chi connectivity index (χ0n) is 11.0. The smallest absolute Gasteiger partial charge is 0.234 e. The molecular formula is C13H15FN4O2. The molecular weight excluding hydrogens is 263 g/mol. The predicted octanol–water partition coefficient (Wildman–Crippen LogP) is 1.36. The maximum Gasteiger partial charge on any atom is 0.234 e. The Hall–Kier alpha value is -1.86. The minimum absolute atomic E-state index is 0.0236. The second-order valence-electron chi connectivity index (χ2n) is 4.68. The Bertz CT molecular complexity index is 572. The molecule has 7 heteroatoms. The van der Waals surface area contributed by atoms with Gasteiger partial charge in [0, 0.05) is 12.6 Å². The fraction of sp³-hybridized carbons (Fsp3) is 0.462. The number of hydrogen-bond acceptors (Lipinski definition) is 6. The Balaban J connectivity index is 1.84. The summed E-state index contributed by atoms with van der Waals surface area (Å²) < 4.78 is 23.6. The second kappa shape index (κ2) is 5.64. The van der Waals surface area contributed by atoms with Gasteiger partial charge in [-0.3, -0.25) is 0 Å². The summed E-state index contributed by atoms with van der Waals surface area (Å²) in [5.74, 6) is 0.509. The molecule has 6 nitrogen and oxygen atoms in total. The van der Waals surface area contributed by atoms with Crippen LogP contribution in [0, 0.1) is 5.82 Å². The average Bonchev–Trinajstić information content (AvgIpc) is 2.97. The van der Waals surface area contributed by atoms with Crippen LogP contribution in [0.2, 0.25) is 0 Å². The van der Waals surface area contributed by atoms with Gasteiger partial charge in [-0.25, -0.2) is 9.37 Å². The summed E-state index contributed by atoms with van der Waals surface area (Å²) in [4.78, 5) is 8.29. The highest BCUT2D eigenvalue weighted by molar-refractivity contribution is 5.47. The number of halogens is 1. The largest absolute Gasteiger partial charge is 0.381 e. The Labute approximate surface area is 115 Å². The molecule has 106 valence electrons. The van der Waals surface area contributed by atoms with Crippen LogP contribution in [-0.2, 0) is 4.74 Å². The minimum Gasteiger partial charge on any atom is -0.381 e. The molecule has 2 unspecified atom stereocenters. The van der Waals surface area contributed by atoms with E-state index in [1.807, 2.05) is 7.05 Å².